The summed E-state index contributed by atoms with van der Waals surface area (Å²) in [4.78, 5) is 0. The van der Waals surface area contributed by atoms with Crippen molar-refractivity contribution in [2.45, 2.75) is 18.9 Å². The summed E-state index contributed by atoms with van der Waals surface area (Å²) in [5.74, 6) is 0.140. The summed E-state index contributed by atoms with van der Waals surface area (Å²) in [6.45, 7) is 1.60. The van der Waals surface area contributed by atoms with Crippen molar-refractivity contribution in [3.05, 3.63) is 34.6 Å². The molecule has 1 fully saturated rings. The number of hydrogen-bond donors (Lipinski definition) is 1. The van der Waals surface area contributed by atoms with Gasteiger partial charge in [0.15, 0.2) is 0 Å². The second kappa shape index (κ2) is 5.80. The number of likely N-dealkylation sites (N-methyl/N-ethyl adjacent to an activating group) is 1. The van der Waals surface area contributed by atoms with Gasteiger partial charge in [0.2, 0.25) is 0 Å². The Balaban J connectivity index is 2.09. The first-order chi connectivity index (χ1) is 8.22. The molecular weight excluding hydrogens is 241 g/mol. The predicted molar refractivity (Wildman–Crippen MR) is 66.9 cm³/mol. The highest BCUT2D eigenvalue weighted by Crippen LogP contribution is 2.25. The van der Waals surface area contributed by atoms with Crippen molar-refractivity contribution in [2.24, 2.45) is 5.92 Å². The fourth-order valence-electron chi connectivity index (χ4n) is 2.32. The van der Waals surface area contributed by atoms with E-state index in [0.717, 1.165) is 31.6 Å². The molecule has 0 bridgehead atoms. The van der Waals surface area contributed by atoms with E-state index < -0.39 is 0 Å². The van der Waals surface area contributed by atoms with Crippen LogP contribution in [0, 0.1) is 11.7 Å². The second-order valence-corrected chi connectivity index (χ2v) is 4.81. The van der Waals surface area contributed by atoms with Crippen LogP contribution in [0.1, 0.15) is 12.0 Å². The molecule has 2 nitrogen and oxygen atoms in total. The minimum Gasteiger partial charge on any atom is -0.381 e. The molecule has 0 spiro atoms. The van der Waals surface area contributed by atoms with Gasteiger partial charge in [-0.1, -0.05) is 23.7 Å². The Labute approximate surface area is 106 Å². The third kappa shape index (κ3) is 2.97. The zero-order chi connectivity index (χ0) is 12.3. The normalized spacial score (nSPS) is 21.7. The minimum atomic E-state index is -0.346. The highest BCUT2D eigenvalue weighted by molar-refractivity contribution is 6.31. The topological polar surface area (TPSA) is 21.3 Å². The Morgan fingerprint density at radius 1 is 1.59 bits per heavy atom. The summed E-state index contributed by atoms with van der Waals surface area (Å²) >= 11 is 5.97. The van der Waals surface area contributed by atoms with E-state index >= 15 is 0 Å². The summed E-state index contributed by atoms with van der Waals surface area (Å²) in [6.07, 6.45) is 1.79. The maximum absolute atomic E-state index is 13.3. The lowest BCUT2D eigenvalue weighted by Crippen LogP contribution is -2.36. The zero-order valence-electron chi connectivity index (χ0n) is 9.88. The van der Waals surface area contributed by atoms with Crippen molar-refractivity contribution in [2.75, 3.05) is 20.3 Å². The van der Waals surface area contributed by atoms with Gasteiger partial charge in [0.1, 0.15) is 5.82 Å². The first kappa shape index (κ1) is 12.8. The monoisotopic (exact) mass is 257 g/mol. The molecule has 1 saturated heterocycles. The van der Waals surface area contributed by atoms with Crippen LogP contribution in [-0.4, -0.2) is 26.3 Å². The van der Waals surface area contributed by atoms with Crippen LogP contribution in [0.3, 0.4) is 0 Å². The molecule has 17 heavy (non-hydrogen) atoms. The highest BCUT2D eigenvalue weighted by atomic mass is 35.5. The SMILES string of the molecule is CNC(Cc1cccc(F)c1Cl)C1CCOC1. The molecule has 0 saturated carbocycles. The molecule has 1 aliphatic heterocycles. The zero-order valence-corrected chi connectivity index (χ0v) is 10.6. The van der Waals surface area contributed by atoms with Crippen LogP contribution in [0.2, 0.25) is 5.02 Å². The molecule has 1 aromatic rings. The van der Waals surface area contributed by atoms with E-state index in [1.165, 1.54) is 6.07 Å². The van der Waals surface area contributed by atoms with Gasteiger partial charge in [0, 0.05) is 18.6 Å². The third-order valence-corrected chi connectivity index (χ3v) is 3.80. The third-order valence-electron chi connectivity index (χ3n) is 3.38. The van der Waals surface area contributed by atoms with Crippen molar-refractivity contribution >= 4 is 11.6 Å². The smallest absolute Gasteiger partial charge is 0.142 e. The molecule has 1 aromatic carbocycles. The number of ether oxygens (including phenoxy) is 1. The van der Waals surface area contributed by atoms with Crippen molar-refractivity contribution in [1.29, 1.82) is 0 Å². The summed E-state index contributed by atoms with van der Waals surface area (Å²) < 4.78 is 18.7. The maximum atomic E-state index is 13.3. The first-order valence-corrected chi connectivity index (χ1v) is 6.28. The standard InChI is InChI=1S/C13H17ClFNO/c1-16-12(10-5-6-17-8-10)7-9-3-2-4-11(15)13(9)14/h2-4,10,12,16H,5-8H2,1H3. The van der Waals surface area contributed by atoms with Gasteiger partial charge in [-0.15, -0.1) is 0 Å². The van der Waals surface area contributed by atoms with Crippen LogP contribution in [0.15, 0.2) is 18.2 Å². The van der Waals surface area contributed by atoms with Gasteiger partial charge in [0.25, 0.3) is 0 Å². The Morgan fingerprint density at radius 3 is 3.06 bits per heavy atom. The number of rotatable bonds is 4. The Bertz CT molecular complexity index is 380. The van der Waals surface area contributed by atoms with Crippen molar-refractivity contribution in [3.63, 3.8) is 0 Å². The van der Waals surface area contributed by atoms with Crippen molar-refractivity contribution in [1.82, 2.24) is 5.32 Å². The van der Waals surface area contributed by atoms with Gasteiger partial charge in [-0.05, 0) is 31.5 Å². The molecule has 4 heteroatoms. The number of hydrogen-bond acceptors (Lipinski definition) is 2. The van der Waals surface area contributed by atoms with Crippen LogP contribution in [0.5, 0.6) is 0 Å². The van der Waals surface area contributed by atoms with Gasteiger partial charge >= 0.3 is 0 Å². The van der Waals surface area contributed by atoms with E-state index in [1.807, 2.05) is 13.1 Å². The van der Waals surface area contributed by atoms with Gasteiger partial charge < -0.3 is 10.1 Å². The molecule has 2 unspecified atom stereocenters. The number of halogens is 2. The molecule has 1 N–H and O–H groups in total. The summed E-state index contributed by atoms with van der Waals surface area (Å²) in [6, 6.07) is 5.26. The molecule has 2 atom stereocenters. The Hall–Kier alpha value is -0.640. The van der Waals surface area contributed by atoms with E-state index in [0.29, 0.717) is 5.92 Å². The molecular formula is C13H17ClFNO. The van der Waals surface area contributed by atoms with Crippen LogP contribution >= 0.6 is 11.6 Å². The van der Waals surface area contributed by atoms with Crippen LogP contribution < -0.4 is 5.32 Å². The Kier molecular flexibility index (Phi) is 4.37. The van der Waals surface area contributed by atoms with E-state index in [1.54, 1.807) is 6.07 Å². The fraction of sp³-hybridized carbons (Fsp3) is 0.538. The highest BCUT2D eigenvalue weighted by Gasteiger charge is 2.25. The quantitative estimate of drug-likeness (QED) is 0.895. The second-order valence-electron chi connectivity index (χ2n) is 4.44. The molecule has 94 valence electrons. The van der Waals surface area contributed by atoms with E-state index in [9.17, 15) is 4.39 Å². The molecule has 0 aliphatic carbocycles. The fourth-order valence-corrected chi connectivity index (χ4v) is 2.52. The molecule has 2 rings (SSSR count). The summed E-state index contributed by atoms with van der Waals surface area (Å²) in [5.41, 5.74) is 0.859. The summed E-state index contributed by atoms with van der Waals surface area (Å²) in [7, 11) is 1.93. The Morgan fingerprint density at radius 2 is 2.41 bits per heavy atom. The predicted octanol–water partition coefficient (Wildman–Crippen LogP) is 2.65. The van der Waals surface area contributed by atoms with Crippen LogP contribution in [-0.2, 0) is 11.2 Å². The summed E-state index contributed by atoms with van der Waals surface area (Å²) in [5, 5.41) is 3.52. The van der Waals surface area contributed by atoms with E-state index in [-0.39, 0.29) is 16.9 Å². The lowest BCUT2D eigenvalue weighted by atomic mass is 9.93. The van der Waals surface area contributed by atoms with Gasteiger partial charge in [-0.2, -0.15) is 0 Å². The van der Waals surface area contributed by atoms with Gasteiger partial charge in [-0.25, -0.2) is 4.39 Å². The number of benzene rings is 1. The average molecular weight is 258 g/mol. The average Bonchev–Trinajstić information content (AvgIpc) is 2.85. The molecule has 0 amide bonds. The van der Waals surface area contributed by atoms with Crippen LogP contribution in [0.4, 0.5) is 4.39 Å². The maximum Gasteiger partial charge on any atom is 0.142 e. The van der Waals surface area contributed by atoms with Crippen molar-refractivity contribution < 1.29 is 9.13 Å². The van der Waals surface area contributed by atoms with E-state index in [2.05, 4.69) is 5.32 Å². The molecule has 0 radical (unpaired) electrons. The molecule has 1 heterocycles. The molecule has 0 aromatic heterocycles. The molecule has 1 aliphatic rings. The number of nitrogens with one attached hydrogen (secondary N) is 1. The first-order valence-electron chi connectivity index (χ1n) is 5.90. The lowest BCUT2D eigenvalue weighted by molar-refractivity contribution is 0.177. The van der Waals surface area contributed by atoms with Crippen molar-refractivity contribution in [3.8, 4) is 0 Å². The van der Waals surface area contributed by atoms with E-state index in [4.69, 9.17) is 16.3 Å². The van der Waals surface area contributed by atoms with Gasteiger partial charge in [-0.3, -0.25) is 0 Å². The largest absolute Gasteiger partial charge is 0.381 e. The lowest BCUT2D eigenvalue weighted by Gasteiger charge is -2.22. The van der Waals surface area contributed by atoms with Crippen LogP contribution in [0.25, 0.3) is 0 Å². The minimum absolute atomic E-state index is 0.242. The van der Waals surface area contributed by atoms with Gasteiger partial charge in [0.05, 0.1) is 11.6 Å².